The number of Topliss-reactive ketones (excluding diaryl/α,β-unsaturated/α-hetero) is 2. The molecule has 0 saturated carbocycles. The Labute approximate surface area is 776 Å². The highest BCUT2D eigenvalue weighted by molar-refractivity contribution is 6.74. The number of allylic oxidation sites excluding steroid dienone is 4. The van der Waals surface area contributed by atoms with Crippen LogP contribution in [0.25, 0.3) is 0 Å². The summed E-state index contributed by atoms with van der Waals surface area (Å²) in [6.45, 7) is 64.0. The second-order valence-electron chi connectivity index (χ2n) is 39.3. The second kappa shape index (κ2) is 55.5. The third-order valence-corrected chi connectivity index (χ3v) is 34.8. The molecule has 0 radical (unpaired) electrons. The van der Waals surface area contributed by atoms with Gasteiger partial charge in [-0.2, -0.15) is 0 Å². The van der Waals surface area contributed by atoms with Crippen LogP contribution in [0.5, 0.6) is 0 Å². The summed E-state index contributed by atoms with van der Waals surface area (Å²) in [6, 6.07) is 7.01. The molecule has 16 atom stereocenters. The Morgan fingerprint density at radius 3 is 1.07 bits per heavy atom. The number of nitrogens with two attached hydrogens (primary N) is 1. The summed E-state index contributed by atoms with van der Waals surface area (Å²) < 4.78 is 13.7. The van der Waals surface area contributed by atoms with Crippen LogP contribution in [0.1, 0.15) is 244 Å². The molecular weight excluding hydrogens is 1680 g/mol. The van der Waals surface area contributed by atoms with E-state index in [9.17, 15) is 62.6 Å². The van der Waals surface area contributed by atoms with E-state index in [1.54, 1.807) is 69.3 Å². The van der Waals surface area contributed by atoms with Crippen LogP contribution in [-0.2, 0) is 79.2 Å². The first-order valence-electron chi connectivity index (χ1n) is 45.3. The quantitative estimate of drug-likeness (QED) is 0.0184. The smallest absolute Gasteiger partial charge is 0.326 e. The van der Waals surface area contributed by atoms with Crippen molar-refractivity contribution >= 4 is 111 Å². The Hall–Kier alpha value is -7.67. The Kier molecular flexibility index (Phi) is 52.1. The van der Waals surface area contributed by atoms with Gasteiger partial charge in [0.1, 0.15) is 30.2 Å². The average Bonchev–Trinajstić information content (AvgIpc) is 0.823. The lowest BCUT2D eigenvalue weighted by atomic mass is 9.85. The normalized spacial score (nSPS) is 16.3. The van der Waals surface area contributed by atoms with Gasteiger partial charge in [-0.15, -0.1) is 0 Å². The number of aliphatic carboxylic acids is 1. The van der Waals surface area contributed by atoms with Gasteiger partial charge in [0.05, 0.1) is 43.4 Å². The number of amides is 9. The number of rotatable bonds is 47. The van der Waals surface area contributed by atoms with Crippen LogP contribution in [0.3, 0.4) is 0 Å². The van der Waals surface area contributed by atoms with Crippen molar-refractivity contribution in [1.29, 1.82) is 0 Å². The first kappa shape index (κ1) is 119. The Bertz CT molecular complexity index is 4040. The van der Waals surface area contributed by atoms with Gasteiger partial charge in [-0.3, -0.25) is 52.7 Å². The highest BCUT2D eigenvalue weighted by Gasteiger charge is 2.44. The minimum Gasteiger partial charge on any atom is -0.480 e. The number of benzene rings is 2. The molecule has 127 heavy (non-hydrogen) atoms. The van der Waals surface area contributed by atoms with E-state index >= 15 is 0 Å². The lowest BCUT2D eigenvalue weighted by Crippen LogP contribution is -2.57. The number of hydrogen-bond acceptors (Lipinski definition) is 15. The summed E-state index contributed by atoms with van der Waals surface area (Å²) in [6.07, 6.45) is 12.0. The topological polar surface area (TPSA) is 343 Å². The molecular formula is C98H166Cl2N10O15Si2. The van der Waals surface area contributed by atoms with E-state index in [0.29, 0.717) is 52.8 Å². The van der Waals surface area contributed by atoms with Gasteiger partial charge in [0.25, 0.3) is 0 Å². The number of carbonyl (C=O) groups excluding carboxylic acids is 11. The molecule has 2 aromatic rings. The molecule has 0 spiro atoms. The van der Waals surface area contributed by atoms with Crippen molar-refractivity contribution in [3.05, 3.63) is 116 Å². The van der Waals surface area contributed by atoms with Crippen molar-refractivity contribution in [2.45, 2.75) is 342 Å². The number of nitrogens with zero attached hydrogens (tertiary/aromatic N) is 4. The molecule has 0 saturated heterocycles. The molecule has 0 aliphatic rings. The lowest BCUT2D eigenvalue weighted by Gasteiger charge is -2.42. The van der Waals surface area contributed by atoms with Gasteiger partial charge in [-0.1, -0.05) is 209 Å². The van der Waals surface area contributed by atoms with Crippen molar-refractivity contribution in [3.63, 3.8) is 0 Å². The highest BCUT2D eigenvalue weighted by atomic mass is 35.5. The largest absolute Gasteiger partial charge is 0.480 e. The van der Waals surface area contributed by atoms with Gasteiger partial charge in [0.2, 0.25) is 53.2 Å². The van der Waals surface area contributed by atoms with Gasteiger partial charge in [-0.25, -0.2) is 4.79 Å². The van der Waals surface area contributed by atoms with Crippen LogP contribution < -0.4 is 32.3 Å². The number of halogens is 2. The van der Waals surface area contributed by atoms with E-state index in [0.717, 1.165) is 24.0 Å². The number of carboxylic acids is 1. The minimum absolute atomic E-state index is 0.0232. The predicted octanol–water partition coefficient (Wildman–Crippen LogP) is 16.5. The standard InChI is InChI=1S/C49H82ClN5O7Si.C26H49NO4Si.C23H35ClN4O4/c1-19-31(5)43(37(11)56)53-42(57)29-54(15)48(61)41(28-38-23-25-39(50)26-24-38)55(16)47(60)36(10)51-46(59)40(27-30(3)4)52-45(58)34(8)22-21-33(7)35(9)44(32(6)20-2)62-63(17,18)49(12,13)14;1-13-18(4)23(31-32(11,12)26(8,9)10)21(7)19(5)14-15-20(6)24(28)27-22(25(29)30)16-17(2)3;1-7-14(2)21(16(4)29)26-20(30)13-27(5)23(32)19(28(6)22(31)15(3)25)12-17-8-10-18(24)11-9-17/h20,22-26,30-31,33,35-36,40-41,43-44H,19,21,27-29H2,1-18H3,(H,51,59)(H,52,58)(H,53,57);13,15,17,19,21-23H,14,16H2,1-12H3,(H,27,28)(H,29,30);8-11,14-15,19,21H,7,12-13,25H2,1-6H3,(H,26,30)/b32-20+,34-22+;18-13+,20-15+;/t31-,33-,35-,36-,40+,41+,43?,44+;19-,21-,22?,23+;14-,15-,19+,21?/m000/s1. The van der Waals surface area contributed by atoms with Crippen LogP contribution in [0.15, 0.2) is 95.1 Å². The van der Waals surface area contributed by atoms with Gasteiger partial charge < -0.3 is 65.9 Å². The van der Waals surface area contributed by atoms with Crippen molar-refractivity contribution < 1.29 is 71.5 Å². The summed E-state index contributed by atoms with van der Waals surface area (Å²) in [5.74, 6) is -4.23. The van der Waals surface area contributed by atoms with Crippen LogP contribution in [0.4, 0.5) is 0 Å². The number of carboxylic acid groups (broad SMARTS) is 1. The summed E-state index contributed by atoms with van der Waals surface area (Å²) >= 11 is 12.1. The van der Waals surface area contributed by atoms with E-state index in [1.807, 2.05) is 74.5 Å². The van der Waals surface area contributed by atoms with E-state index in [4.69, 9.17) is 37.8 Å². The molecule has 2 aromatic carbocycles. The monoisotopic (exact) mass is 1850 g/mol. The Morgan fingerprint density at radius 1 is 0.472 bits per heavy atom. The Balaban J connectivity index is 0.00000208. The third-order valence-electron chi connectivity index (χ3n) is 25.4. The van der Waals surface area contributed by atoms with E-state index in [2.05, 4.69) is 155 Å². The molecule has 720 valence electrons. The van der Waals surface area contributed by atoms with Crippen molar-refractivity contribution in [2.24, 2.45) is 53.1 Å². The number of likely N-dealkylation sites (N-methyl/N-ethyl adjacent to an activating group) is 4. The second-order valence-corrected chi connectivity index (χ2v) is 49.7. The summed E-state index contributed by atoms with van der Waals surface area (Å²) in [4.78, 5) is 160. The Morgan fingerprint density at radius 2 is 0.787 bits per heavy atom. The first-order valence-corrected chi connectivity index (χ1v) is 51.9. The SMILES string of the molecule is C/C=C(\C)[C@@H](O[Si](C)(C)C(C)(C)C)[C@@H](C)[C@@H](C)C/C=C(\C)C(=O)NC(CC(C)C)C(=O)O.C/C=C(\C)[C@@H](O[Si](C)(C)C(C)(C)C)[C@@H](C)[C@@H](C)C/C=C(\C)C(=O)N[C@H](CC(C)C)C(=O)N[C@@H](C)C(=O)N(C)[C@H](Cc1ccc(Cl)cc1)C(=O)N(C)CC(=O)NC(C(C)=O)[C@@H](C)CC.CC[C@H](C)C(NC(=O)CN(C)C(=O)[C@@H](Cc1ccc(Cl)cc1)N(C)C(=O)[C@H](C)N)C(C)=O. The molecule has 29 heteroatoms. The van der Waals surface area contributed by atoms with E-state index in [1.165, 1.54) is 79.7 Å². The minimum atomic E-state index is -2.06. The zero-order chi connectivity index (χ0) is 98.8. The fraction of sp³-hybridized carbons (Fsp3) is 0.673. The summed E-state index contributed by atoms with van der Waals surface area (Å²) in [5, 5.41) is 24.5. The fourth-order valence-corrected chi connectivity index (χ4v) is 16.5. The summed E-state index contributed by atoms with van der Waals surface area (Å²) in [5.41, 5.74) is 10.8. The number of ketones is 2. The predicted molar refractivity (Wildman–Crippen MR) is 521 cm³/mol. The molecule has 0 bridgehead atoms. The van der Waals surface area contributed by atoms with E-state index in [-0.39, 0.29) is 119 Å². The average molecular weight is 1850 g/mol. The van der Waals surface area contributed by atoms with E-state index < -0.39 is 106 Å². The zero-order valence-electron chi connectivity index (χ0n) is 84.2. The highest BCUT2D eigenvalue weighted by Crippen LogP contribution is 2.42. The molecule has 25 nitrogen and oxygen atoms in total. The van der Waals surface area contributed by atoms with Crippen molar-refractivity contribution in [1.82, 2.24) is 46.2 Å². The van der Waals surface area contributed by atoms with Gasteiger partial charge in [0, 0.05) is 62.2 Å². The first-order chi connectivity index (χ1) is 58.3. The maximum atomic E-state index is 14.1. The molecule has 9 amide bonds. The maximum absolute atomic E-state index is 14.1. The lowest BCUT2D eigenvalue weighted by molar-refractivity contribution is -0.146. The van der Waals surface area contributed by atoms with Crippen LogP contribution in [0.2, 0.25) is 46.3 Å². The van der Waals surface area contributed by atoms with Crippen LogP contribution >= 0.6 is 23.2 Å². The van der Waals surface area contributed by atoms with Gasteiger partial charge >= 0.3 is 5.97 Å². The number of nitrogens with one attached hydrogen (secondary N) is 5. The molecule has 0 aliphatic carbocycles. The van der Waals surface area contributed by atoms with Crippen molar-refractivity contribution in [2.75, 3.05) is 41.3 Å². The zero-order valence-corrected chi connectivity index (χ0v) is 87.7. The molecule has 0 heterocycles. The fourth-order valence-electron chi connectivity index (χ4n) is 13.5. The molecule has 0 aliphatic heterocycles. The van der Waals surface area contributed by atoms with Crippen LogP contribution in [0, 0.1) is 47.3 Å². The maximum Gasteiger partial charge on any atom is 0.326 e. The summed E-state index contributed by atoms with van der Waals surface area (Å²) in [7, 11) is 1.97. The van der Waals surface area contributed by atoms with Gasteiger partial charge in [0.15, 0.2) is 28.2 Å². The molecule has 0 fully saturated rings. The third kappa shape index (κ3) is 40.7. The molecule has 0 aromatic heterocycles. The number of carbonyl (C=O) groups is 12. The number of hydrogen-bond donors (Lipinski definition) is 7. The van der Waals surface area contributed by atoms with Crippen LogP contribution in [-0.4, -0.2) is 214 Å². The van der Waals surface area contributed by atoms with Crippen molar-refractivity contribution in [3.8, 4) is 0 Å². The molecule has 3 unspecified atom stereocenters. The van der Waals surface area contributed by atoms with Gasteiger partial charge in [-0.05, 0) is 225 Å². The molecule has 8 N–H and O–H groups in total. The molecule has 2 rings (SSSR count).